The second-order valence-corrected chi connectivity index (χ2v) is 8.33. The van der Waals surface area contributed by atoms with Gasteiger partial charge in [0.2, 0.25) is 0 Å². The Bertz CT molecular complexity index is 1100. The first kappa shape index (κ1) is 22.4. The molecule has 0 saturated carbocycles. The van der Waals surface area contributed by atoms with Crippen LogP contribution in [0, 0.1) is 11.6 Å². The number of aromatic nitrogens is 4. The summed E-state index contributed by atoms with van der Waals surface area (Å²) in [6.07, 6.45) is 2.75. The quantitative estimate of drug-likeness (QED) is 0.407. The second kappa shape index (κ2) is 10.2. The van der Waals surface area contributed by atoms with Crippen molar-refractivity contribution >= 4 is 34.5 Å². The number of hydrogen-bond donors (Lipinski definition) is 1. The average molecular weight is 463 g/mol. The van der Waals surface area contributed by atoms with Gasteiger partial charge in [0.05, 0.1) is 31.3 Å². The zero-order valence-corrected chi connectivity index (χ0v) is 18.5. The molecular weight excluding hydrogens is 438 g/mol. The minimum atomic E-state index is -1.06. The van der Waals surface area contributed by atoms with Gasteiger partial charge in [0.1, 0.15) is 5.82 Å². The van der Waals surface area contributed by atoms with Crippen molar-refractivity contribution in [1.82, 2.24) is 25.1 Å². The van der Waals surface area contributed by atoms with Gasteiger partial charge in [-0.2, -0.15) is 5.10 Å². The molecule has 0 atom stereocenters. The van der Waals surface area contributed by atoms with Gasteiger partial charge in [0.25, 0.3) is 5.91 Å². The van der Waals surface area contributed by atoms with Crippen LogP contribution < -0.4 is 10.2 Å². The van der Waals surface area contributed by atoms with Crippen molar-refractivity contribution < 1.29 is 18.3 Å². The van der Waals surface area contributed by atoms with E-state index < -0.39 is 17.5 Å². The normalized spacial score (nSPS) is 14.2. The second-order valence-electron chi connectivity index (χ2n) is 7.27. The van der Waals surface area contributed by atoms with E-state index in [-0.39, 0.29) is 12.1 Å². The highest BCUT2D eigenvalue weighted by atomic mass is 32.2. The highest BCUT2D eigenvalue weighted by molar-refractivity contribution is 7.99. The van der Waals surface area contributed by atoms with Gasteiger partial charge in [0.15, 0.2) is 22.4 Å². The molecule has 4 rings (SSSR count). The number of thioether (sulfide) groups is 1. The Kier molecular flexibility index (Phi) is 7.15. The number of rotatable bonds is 8. The molecule has 170 valence electrons. The number of anilines is 1. The molecule has 8 nitrogen and oxygen atoms in total. The third-order valence-corrected chi connectivity index (χ3v) is 6.05. The van der Waals surface area contributed by atoms with E-state index in [1.54, 1.807) is 22.6 Å². The van der Waals surface area contributed by atoms with Crippen LogP contribution in [0.5, 0.6) is 0 Å². The largest absolute Gasteiger partial charge is 0.378 e. The topological polar surface area (TPSA) is 85.2 Å². The van der Waals surface area contributed by atoms with E-state index in [0.29, 0.717) is 30.6 Å². The van der Waals surface area contributed by atoms with Gasteiger partial charge in [-0.25, -0.2) is 23.4 Å². The summed E-state index contributed by atoms with van der Waals surface area (Å²) in [6.45, 7) is 5.52. The first-order chi connectivity index (χ1) is 15.6. The van der Waals surface area contributed by atoms with Crippen molar-refractivity contribution in [2.45, 2.75) is 25.0 Å². The summed E-state index contributed by atoms with van der Waals surface area (Å²) in [5.41, 5.74) is 0.756. The van der Waals surface area contributed by atoms with Crippen LogP contribution in [0.15, 0.2) is 29.6 Å². The van der Waals surface area contributed by atoms with Crippen LogP contribution >= 0.6 is 11.8 Å². The average Bonchev–Trinajstić information content (AvgIpc) is 3.22. The zero-order chi connectivity index (χ0) is 22.5. The van der Waals surface area contributed by atoms with E-state index in [0.717, 1.165) is 48.6 Å². The van der Waals surface area contributed by atoms with E-state index in [2.05, 4.69) is 22.2 Å². The van der Waals surface area contributed by atoms with Crippen LogP contribution in [0.2, 0.25) is 0 Å². The summed E-state index contributed by atoms with van der Waals surface area (Å²) >= 11 is 1.60. The number of carbonyl (C=O) groups is 1. The lowest BCUT2D eigenvalue weighted by atomic mass is 10.2. The fourth-order valence-electron chi connectivity index (χ4n) is 3.37. The minimum Gasteiger partial charge on any atom is -0.378 e. The molecule has 0 bridgehead atoms. The Balaban J connectivity index is 1.51. The summed E-state index contributed by atoms with van der Waals surface area (Å²) in [4.78, 5) is 23.9. The lowest BCUT2D eigenvalue weighted by Crippen LogP contribution is -2.37. The maximum atomic E-state index is 13.4. The number of ether oxygens (including phenoxy) is 1. The number of benzene rings is 1. The third kappa shape index (κ3) is 4.99. The smallest absolute Gasteiger partial charge is 0.251 e. The number of hydrogen-bond acceptors (Lipinski definition) is 7. The highest BCUT2D eigenvalue weighted by Crippen LogP contribution is 2.28. The molecule has 1 fully saturated rings. The summed E-state index contributed by atoms with van der Waals surface area (Å²) in [7, 11) is 0. The molecule has 1 aromatic carbocycles. The third-order valence-electron chi connectivity index (χ3n) is 4.99. The maximum Gasteiger partial charge on any atom is 0.251 e. The van der Waals surface area contributed by atoms with Crippen LogP contribution in [0.3, 0.4) is 0 Å². The van der Waals surface area contributed by atoms with Gasteiger partial charge < -0.3 is 15.0 Å². The highest BCUT2D eigenvalue weighted by Gasteiger charge is 2.20. The summed E-state index contributed by atoms with van der Waals surface area (Å²) in [5, 5.41) is 8.70. The molecule has 1 aliphatic rings. The molecule has 3 heterocycles. The summed E-state index contributed by atoms with van der Waals surface area (Å²) in [6, 6.07) is 3.06. The fraction of sp³-hybridized carbons (Fsp3) is 0.429. The van der Waals surface area contributed by atoms with E-state index in [4.69, 9.17) is 14.7 Å². The first-order valence-corrected chi connectivity index (χ1v) is 11.5. The van der Waals surface area contributed by atoms with Gasteiger partial charge >= 0.3 is 0 Å². The van der Waals surface area contributed by atoms with Crippen LogP contribution in [-0.4, -0.2) is 64.3 Å². The molecule has 0 unspecified atom stereocenters. The monoisotopic (exact) mass is 462 g/mol. The number of morpholine rings is 1. The Hall–Kier alpha value is -2.79. The predicted octanol–water partition coefficient (Wildman–Crippen LogP) is 2.87. The van der Waals surface area contributed by atoms with Crippen LogP contribution in [0.4, 0.5) is 14.6 Å². The van der Waals surface area contributed by atoms with E-state index in [1.165, 1.54) is 6.07 Å². The SMILES string of the molecule is CCCSc1nc(N2CCOCC2)c2cnn(CCNC(=O)c3ccc(F)c(F)c3)c2n1. The fourth-order valence-corrected chi connectivity index (χ4v) is 4.06. The lowest BCUT2D eigenvalue weighted by Gasteiger charge is -2.28. The molecular formula is C21H24F2N6O2S. The van der Waals surface area contributed by atoms with Crippen molar-refractivity contribution in [3.05, 3.63) is 41.6 Å². The number of amides is 1. The molecule has 0 spiro atoms. The Morgan fingerprint density at radius 1 is 1.22 bits per heavy atom. The molecule has 1 amide bonds. The number of nitrogens with one attached hydrogen (secondary N) is 1. The van der Waals surface area contributed by atoms with Gasteiger partial charge in [-0.3, -0.25) is 4.79 Å². The molecule has 2 aromatic heterocycles. The van der Waals surface area contributed by atoms with Crippen molar-refractivity contribution in [3.8, 4) is 0 Å². The molecule has 0 radical (unpaired) electrons. The van der Waals surface area contributed by atoms with E-state index in [9.17, 15) is 13.6 Å². The van der Waals surface area contributed by atoms with Gasteiger partial charge in [-0.15, -0.1) is 0 Å². The summed E-state index contributed by atoms with van der Waals surface area (Å²) < 4.78 is 33.7. The molecule has 1 N–H and O–H groups in total. The minimum absolute atomic E-state index is 0.0596. The molecule has 32 heavy (non-hydrogen) atoms. The Morgan fingerprint density at radius 2 is 2.03 bits per heavy atom. The van der Waals surface area contributed by atoms with Crippen LogP contribution in [0.25, 0.3) is 11.0 Å². The standard InChI is InChI=1S/C21H24F2N6O2S/c1-2-11-32-21-26-18(28-7-9-31-10-8-28)15-13-25-29(19(15)27-21)6-5-24-20(30)14-3-4-16(22)17(23)12-14/h3-4,12-13H,2,5-11H2,1H3,(H,24,30). The number of halogens is 2. The Labute approximate surface area is 188 Å². The van der Waals surface area contributed by atoms with Crippen molar-refractivity contribution in [3.63, 3.8) is 0 Å². The number of fused-ring (bicyclic) bond motifs is 1. The number of carbonyl (C=O) groups excluding carboxylic acids is 1. The lowest BCUT2D eigenvalue weighted by molar-refractivity contribution is 0.0951. The molecule has 1 aliphatic heterocycles. The molecule has 3 aromatic rings. The predicted molar refractivity (Wildman–Crippen MR) is 118 cm³/mol. The van der Waals surface area contributed by atoms with Gasteiger partial charge in [0, 0.05) is 31.0 Å². The molecule has 1 saturated heterocycles. The van der Waals surface area contributed by atoms with Gasteiger partial charge in [-0.05, 0) is 24.6 Å². The Morgan fingerprint density at radius 3 is 2.78 bits per heavy atom. The van der Waals surface area contributed by atoms with Crippen molar-refractivity contribution in [2.75, 3.05) is 43.5 Å². The molecule has 0 aliphatic carbocycles. The van der Waals surface area contributed by atoms with Crippen LogP contribution in [0.1, 0.15) is 23.7 Å². The van der Waals surface area contributed by atoms with Crippen molar-refractivity contribution in [1.29, 1.82) is 0 Å². The van der Waals surface area contributed by atoms with E-state index in [1.807, 2.05) is 0 Å². The molecule has 11 heteroatoms. The first-order valence-electron chi connectivity index (χ1n) is 10.5. The van der Waals surface area contributed by atoms with Crippen LogP contribution in [-0.2, 0) is 11.3 Å². The maximum absolute atomic E-state index is 13.4. The number of nitrogens with zero attached hydrogens (tertiary/aromatic N) is 5. The summed E-state index contributed by atoms with van der Waals surface area (Å²) in [5.74, 6) is -0.777. The van der Waals surface area contributed by atoms with Crippen molar-refractivity contribution in [2.24, 2.45) is 0 Å². The van der Waals surface area contributed by atoms with Gasteiger partial charge in [-0.1, -0.05) is 18.7 Å². The zero-order valence-electron chi connectivity index (χ0n) is 17.7. The van der Waals surface area contributed by atoms with E-state index >= 15 is 0 Å².